The highest BCUT2D eigenvalue weighted by atomic mass is 19.3. The summed E-state index contributed by atoms with van der Waals surface area (Å²) in [6.45, 7) is 0. The van der Waals surface area contributed by atoms with Crippen LogP contribution in [0.1, 0.15) is 22.3 Å². The number of benzene rings is 5. The van der Waals surface area contributed by atoms with Crippen LogP contribution in [-0.2, 0) is 10.7 Å². The number of hydrogen-bond donors (Lipinski definition) is 2. The van der Waals surface area contributed by atoms with Crippen molar-refractivity contribution in [3.8, 4) is 45.3 Å². The van der Waals surface area contributed by atoms with E-state index in [1.807, 2.05) is 66.7 Å². The average molecular weight is 580 g/mol. The third-order valence-corrected chi connectivity index (χ3v) is 7.47. The highest BCUT2D eigenvalue weighted by molar-refractivity contribution is 6.05. The van der Waals surface area contributed by atoms with Crippen molar-refractivity contribution in [2.24, 2.45) is 0 Å². The third kappa shape index (κ3) is 4.82. The summed E-state index contributed by atoms with van der Waals surface area (Å²) in [6, 6.07) is 36.7. The largest absolute Gasteiger partial charge is 0.421 e. The summed E-state index contributed by atoms with van der Waals surface area (Å²) in [5, 5.41) is 16.7. The summed E-state index contributed by atoms with van der Waals surface area (Å²) in [5.74, 6) is -2.47. The quantitative estimate of drug-likeness (QED) is 0.158. The number of nitrogens with zero attached hydrogens (tertiary/aromatic N) is 3. The molecular formula is C36H23F2N5O. The second kappa shape index (κ2) is 10.7. The molecule has 1 aliphatic rings. The Morgan fingerprint density at radius 3 is 1.52 bits per heavy atom. The van der Waals surface area contributed by atoms with E-state index in [1.165, 1.54) is 24.3 Å². The van der Waals surface area contributed by atoms with Crippen molar-refractivity contribution in [2.45, 2.75) is 5.92 Å². The maximum atomic E-state index is 15.6. The molecule has 212 valence electrons. The molecule has 0 bridgehead atoms. The summed E-state index contributed by atoms with van der Waals surface area (Å²) >= 11 is 0. The predicted molar refractivity (Wildman–Crippen MR) is 166 cm³/mol. The molecule has 0 radical (unpaired) electrons. The maximum Gasteiger partial charge on any atom is 0.299 e. The molecule has 6 nitrogen and oxygen atoms in total. The van der Waals surface area contributed by atoms with Crippen LogP contribution in [0.5, 0.6) is 0 Å². The lowest BCUT2D eigenvalue weighted by molar-refractivity contribution is 0.0480. The molecule has 0 amide bonds. The number of rotatable bonds is 5. The van der Waals surface area contributed by atoms with Gasteiger partial charge < -0.3 is 4.74 Å². The Kier molecular flexibility index (Phi) is 6.59. The van der Waals surface area contributed by atoms with Crippen LogP contribution in [0, 0.1) is 10.8 Å². The Balaban J connectivity index is 1.30. The molecule has 6 aromatic rings. The lowest BCUT2D eigenvalue weighted by Crippen LogP contribution is -2.14. The van der Waals surface area contributed by atoms with E-state index in [-0.39, 0.29) is 34.0 Å². The summed E-state index contributed by atoms with van der Waals surface area (Å²) < 4.78 is 36.8. The van der Waals surface area contributed by atoms with Crippen molar-refractivity contribution in [3.63, 3.8) is 0 Å². The predicted octanol–water partition coefficient (Wildman–Crippen LogP) is 8.36. The fourth-order valence-corrected chi connectivity index (χ4v) is 5.25. The van der Waals surface area contributed by atoms with Gasteiger partial charge in [-0.1, -0.05) is 97.1 Å². The van der Waals surface area contributed by atoms with Crippen molar-refractivity contribution in [2.75, 3.05) is 0 Å². The molecule has 0 atom stereocenters. The summed E-state index contributed by atoms with van der Waals surface area (Å²) in [7, 11) is 0. The van der Waals surface area contributed by atoms with Gasteiger partial charge >= 0.3 is 0 Å². The van der Waals surface area contributed by atoms with E-state index in [0.717, 1.165) is 11.1 Å². The Hall–Kier alpha value is -5.89. The van der Waals surface area contributed by atoms with Crippen molar-refractivity contribution in [1.82, 2.24) is 15.0 Å². The molecule has 0 spiro atoms. The van der Waals surface area contributed by atoms with Crippen LogP contribution in [-0.4, -0.2) is 26.7 Å². The monoisotopic (exact) mass is 579 g/mol. The van der Waals surface area contributed by atoms with Gasteiger partial charge in [0.2, 0.25) is 11.8 Å². The fraction of sp³-hybridized carbons (Fsp3) is 0.0278. The highest BCUT2D eigenvalue weighted by Gasteiger charge is 2.44. The molecule has 1 aromatic heterocycles. The van der Waals surface area contributed by atoms with Crippen molar-refractivity contribution in [1.29, 1.82) is 10.8 Å². The topological polar surface area (TPSA) is 95.6 Å². The third-order valence-electron chi connectivity index (χ3n) is 7.47. The van der Waals surface area contributed by atoms with Crippen LogP contribution in [0.3, 0.4) is 0 Å². The molecule has 44 heavy (non-hydrogen) atoms. The van der Waals surface area contributed by atoms with E-state index in [2.05, 4.69) is 0 Å². The number of hydrogen-bond acceptors (Lipinski definition) is 6. The van der Waals surface area contributed by atoms with Crippen LogP contribution in [0.15, 0.2) is 127 Å². The van der Waals surface area contributed by atoms with E-state index in [0.29, 0.717) is 34.2 Å². The minimum Gasteiger partial charge on any atom is -0.421 e. The first-order valence-electron chi connectivity index (χ1n) is 13.8. The van der Waals surface area contributed by atoms with Crippen molar-refractivity contribution < 1.29 is 13.5 Å². The van der Waals surface area contributed by atoms with E-state index in [4.69, 9.17) is 30.5 Å². The van der Waals surface area contributed by atoms with Gasteiger partial charge in [-0.05, 0) is 41.5 Å². The summed E-state index contributed by atoms with van der Waals surface area (Å²) in [4.78, 5) is 14.2. The molecule has 1 heterocycles. The van der Waals surface area contributed by atoms with Gasteiger partial charge in [0.05, 0.1) is 0 Å². The number of alkyl halides is 2. The zero-order valence-corrected chi connectivity index (χ0v) is 23.1. The number of fused-ring (bicyclic) bond motifs is 3. The number of halogens is 2. The zero-order valence-electron chi connectivity index (χ0n) is 23.1. The lowest BCUT2D eigenvalue weighted by atomic mass is 10.0. The van der Waals surface area contributed by atoms with Gasteiger partial charge in [-0.3, -0.25) is 10.8 Å². The fourth-order valence-electron chi connectivity index (χ4n) is 5.25. The first kappa shape index (κ1) is 27.0. The molecule has 0 saturated carbocycles. The summed E-state index contributed by atoms with van der Waals surface area (Å²) in [5.41, 5.74) is 3.22. The molecular weight excluding hydrogens is 556 g/mol. The molecule has 1 aliphatic carbocycles. The molecule has 5 aromatic carbocycles. The van der Waals surface area contributed by atoms with Gasteiger partial charge in [0, 0.05) is 38.9 Å². The number of ether oxygens (including phenoxy) is 1. The molecule has 0 saturated heterocycles. The Bertz CT molecular complexity index is 1990. The molecule has 0 unspecified atom stereocenters. The van der Waals surface area contributed by atoms with Crippen LogP contribution in [0.4, 0.5) is 8.78 Å². The van der Waals surface area contributed by atoms with Crippen LogP contribution >= 0.6 is 0 Å². The minimum atomic E-state index is -3.23. The Morgan fingerprint density at radius 1 is 0.500 bits per heavy atom. The zero-order chi connectivity index (χ0) is 30.3. The van der Waals surface area contributed by atoms with Crippen LogP contribution in [0.25, 0.3) is 45.3 Å². The standard InChI is InChI=1S/C36H23F2N5O/c37-36(38)29-18-16-25(32(40)44-31(39)22-10-4-1-5-11-22)20-27(29)28-21-26(17-19-30(28)36)35-42-33(23-12-6-2-7-13-23)41-34(43-35)24-14-8-3-9-15-24/h1-21,39-40H. The van der Waals surface area contributed by atoms with Gasteiger partial charge in [-0.2, -0.15) is 8.78 Å². The maximum absolute atomic E-state index is 15.6. The molecule has 2 N–H and O–H groups in total. The lowest BCUT2D eigenvalue weighted by Gasteiger charge is -2.13. The second-order valence-electron chi connectivity index (χ2n) is 10.3. The van der Waals surface area contributed by atoms with Gasteiger partial charge in [0.25, 0.3) is 5.92 Å². The number of nitrogens with one attached hydrogen (secondary N) is 2. The first-order valence-corrected chi connectivity index (χ1v) is 13.8. The van der Waals surface area contributed by atoms with Gasteiger partial charge in [-0.15, -0.1) is 0 Å². The molecule has 8 heteroatoms. The van der Waals surface area contributed by atoms with Crippen LogP contribution in [0.2, 0.25) is 0 Å². The van der Waals surface area contributed by atoms with E-state index in [1.54, 1.807) is 36.4 Å². The SMILES string of the molecule is N=C(OC(=N)c1ccc2c(c1)-c1cc(-c3nc(-c4ccccc4)nc(-c4ccccc4)n3)ccc1C2(F)F)c1ccccc1. The first-order chi connectivity index (χ1) is 21.4. The smallest absolute Gasteiger partial charge is 0.299 e. The Labute approximate surface area is 251 Å². The summed E-state index contributed by atoms with van der Waals surface area (Å²) in [6.07, 6.45) is 0. The molecule has 7 rings (SSSR count). The molecule has 0 fully saturated rings. The average Bonchev–Trinajstić information content (AvgIpc) is 3.30. The van der Waals surface area contributed by atoms with Crippen LogP contribution < -0.4 is 0 Å². The van der Waals surface area contributed by atoms with Gasteiger partial charge in [0.15, 0.2) is 17.5 Å². The van der Waals surface area contributed by atoms with E-state index >= 15 is 8.78 Å². The Morgan fingerprint density at radius 2 is 0.955 bits per heavy atom. The van der Waals surface area contributed by atoms with Gasteiger partial charge in [0.1, 0.15) is 0 Å². The van der Waals surface area contributed by atoms with E-state index in [9.17, 15) is 0 Å². The van der Waals surface area contributed by atoms with E-state index < -0.39 is 5.92 Å². The molecule has 0 aliphatic heterocycles. The second-order valence-corrected chi connectivity index (χ2v) is 10.3. The minimum absolute atomic E-state index is 0.140. The highest BCUT2D eigenvalue weighted by Crippen LogP contribution is 2.52. The number of aromatic nitrogens is 3. The normalized spacial score (nSPS) is 12.7. The van der Waals surface area contributed by atoms with Crippen molar-refractivity contribution in [3.05, 3.63) is 150 Å². The van der Waals surface area contributed by atoms with Crippen molar-refractivity contribution >= 4 is 11.8 Å². The van der Waals surface area contributed by atoms with Gasteiger partial charge in [-0.25, -0.2) is 15.0 Å².